The Kier molecular flexibility index (Phi) is 5.74. The van der Waals surface area contributed by atoms with Crippen LogP contribution < -0.4 is 10.1 Å². The van der Waals surface area contributed by atoms with Gasteiger partial charge in [0.15, 0.2) is 6.61 Å². The third-order valence-corrected chi connectivity index (χ3v) is 6.11. The lowest BCUT2D eigenvalue weighted by molar-refractivity contribution is -0.118. The summed E-state index contributed by atoms with van der Waals surface area (Å²) in [4.78, 5) is 12.2. The summed E-state index contributed by atoms with van der Waals surface area (Å²) in [6, 6.07) is 14.5. The van der Waals surface area contributed by atoms with Gasteiger partial charge in [-0.05, 0) is 61.4 Å². The Morgan fingerprint density at radius 2 is 1.70 bits per heavy atom. The van der Waals surface area contributed by atoms with E-state index in [1.807, 2.05) is 6.07 Å². The van der Waals surface area contributed by atoms with Crippen molar-refractivity contribution >= 4 is 21.6 Å². The number of carbonyl (C=O) groups is 1. The molecule has 27 heavy (non-hydrogen) atoms. The molecule has 0 bridgehead atoms. The zero-order valence-electron chi connectivity index (χ0n) is 14.6. The van der Waals surface area contributed by atoms with Crippen LogP contribution in [-0.2, 0) is 14.8 Å². The average molecular weight is 385 g/mol. The van der Waals surface area contributed by atoms with Crippen LogP contribution in [0.2, 0.25) is 0 Å². The smallest absolute Gasteiger partial charge is 0.262 e. The molecule has 2 aromatic carbocycles. The second-order valence-electron chi connectivity index (χ2n) is 6.11. The number of hydrogen-bond donors (Lipinski definition) is 1. The minimum Gasteiger partial charge on any atom is -0.484 e. The van der Waals surface area contributed by atoms with Gasteiger partial charge in [-0.25, -0.2) is 8.42 Å². The van der Waals surface area contributed by atoms with Gasteiger partial charge in [-0.3, -0.25) is 4.79 Å². The van der Waals surface area contributed by atoms with E-state index in [1.54, 1.807) is 36.4 Å². The number of sulfonamides is 1. The van der Waals surface area contributed by atoms with Gasteiger partial charge in [-0.15, -0.1) is 0 Å². The number of nitriles is 1. The van der Waals surface area contributed by atoms with Crippen LogP contribution in [0.15, 0.2) is 53.4 Å². The molecular weight excluding hydrogens is 366 g/mol. The molecule has 0 aliphatic carbocycles. The van der Waals surface area contributed by atoms with E-state index in [4.69, 9.17) is 10.00 Å². The maximum Gasteiger partial charge on any atom is 0.262 e. The fourth-order valence-corrected chi connectivity index (χ4v) is 4.28. The van der Waals surface area contributed by atoms with Crippen molar-refractivity contribution in [2.24, 2.45) is 0 Å². The van der Waals surface area contributed by atoms with E-state index in [0.717, 1.165) is 12.8 Å². The van der Waals surface area contributed by atoms with Crippen molar-refractivity contribution in [3.8, 4) is 11.8 Å². The fraction of sp³-hybridized carbons (Fsp3) is 0.263. The Labute approximate surface area is 158 Å². The second-order valence-corrected chi connectivity index (χ2v) is 8.05. The highest BCUT2D eigenvalue weighted by molar-refractivity contribution is 7.89. The third-order valence-electron chi connectivity index (χ3n) is 4.19. The van der Waals surface area contributed by atoms with Crippen LogP contribution >= 0.6 is 0 Å². The van der Waals surface area contributed by atoms with E-state index >= 15 is 0 Å². The molecule has 140 valence electrons. The highest BCUT2D eigenvalue weighted by Crippen LogP contribution is 2.22. The lowest BCUT2D eigenvalue weighted by atomic mass is 10.2. The van der Waals surface area contributed by atoms with Crippen molar-refractivity contribution in [1.29, 1.82) is 5.26 Å². The van der Waals surface area contributed by atoms with Gasteiger partial charge in [0, 0.05) is 18.8 Å². The van der Waals surface area contributed by atoms with E-state index in [0.29, 0.717) is 30.1 Å². The Hall–Kier alpha value is -2.89. The van der Waals surface area contributed by atoms with Crippen LogP contribution in [0, 0.1) is 11.3 Å². The molecule has 0 atom stereocenters. The first-order valence-corrected chi connectivity index (χ1v) is 9.96. The van der Waals surface area contributed by atoms with Crippen LogP contribution in [0.25, 0.3) is 0 Å². The van der Waals surface area contributed by atoms with Gasteiger partial charge in [0.1, 0.15) is 5.75 Å². The molecule has 1 N–H and O–H groups in total. The molecule has 8 heteroatoms. The van der Waals surface area contributed by atoms with Gasteiger partial charge in [0.2, 0.25) is 10.0 Å². The first kappa shape index (κ1) is 18.9. The van der Waals surface area contributed by atoms with Crippen molar-refractivity contribution in [3.63, 3.8) is 0 Å². The molecule has 0 spiro atoms. The fourth-order valence-electron chi connectivity index (χ4n) is 2.76. The summed E-state index contributed by atoms with van der Waals surface area (Å²) in [6.07, 6.45) is 1.76. The summed E-state index contributed by atoms with van der Waals surface area (Å²) in [7, 11) is -3.46. The zero-order valence-corrected chi connectivity index (χ0v) is 15.4. The summed E-state index contributed by atoms with van der Waals surface area (Å²) in [6.45, 7) is 0.904. The summed E-state index contributed by atoms with van der Waals surface area (Å²) in [5.74, 6) is 0.116. The van der Waals surface area contributed by atoms with Crippen LogP contribution in [0.5, 0.6) is 5.75 Å². The van der Waals surface area contributed by atoms with Crippen LogP contribution in [0.1, 0.15) is 18.4 Å². The monoisotopic (exact) mass is 385 g/mol. The number of ether oxygens (including phenoxy) is 1. The van der Waals surface area contributed by atoms with Crippen molar-refractivity contribution in [2.75, 3.05) is 25.0 Å². The minimum atomic E-state index is -3.46. The standard InChI is InChI=1S/C19H19N3O4S/c20-13-15-3-7-17(8-4-15)26-14-19(23)21-16-5-9-18(10-6-16)27(24,25)22-11-1-2-12-22/h3-10H,1-2,11-12,14H2,(H,21,23). The van der Waals surface area contributed by atoms with Gasteiger partial charge in [-0.2, -0.15) is 9.57 Å². The topological polar surface area (TPSA) is 99.5 Å². The number of anilines is 1. The van der Waals surface area contributed by atoms with Gasteiger partial charge in [-0.1, -0.05) is 0 Å². The molecule has 1 aliphatic rings. The SMILES string of the molecule is N#Cc1ccc(OCC(=O)Nc2ccc(S(=O)(=O)N3CCCC3)cc2)cc1. The molecule has 0 unspecified atom stereocenters. The largest absolute Gasteiger partial charge is 0.484 e. The Bertz CT molecular complexity index is 942. The maximum atomic E-state index is 12.5. The molecular formula is C19H19N3O4S. The number of rotatable bonds is 6. The van der Waals surface area contributed by atoms with Crippen LogP contribution in [0.4, 0.5) is 5.69 Å². The van der Waals surface area contributed by atoms with Crippen LogP contribution in [-0.4, -0.2) is 38.3 Å². The summed E-state index contributed by atoms with van der Waals surface area (Å²) >= 11 is 0. The predicted octanol–water partition coefficient (Wildman–Crippen LogP) is 2.36. The Balaban J connectivity index is 1.56. The molecule has 2 aromatic rings. The lowest BCUT2D eigenvalue weighted by Gasteiger charge is -2.15. The third kappa shape index (κ3) is 4.64. The van der Waals surface area contributed by atoms with E-state index in [-0.39, 0.29) is 17.4 Å². The van der Waals surface area contributed by atoms with Gasteiger partial charge >= 0.3 is 0 Å². The number of benzene rings is 2. The molecule has 0 radical (unpaired) electrons. The van der Waals surface area contributed by atoms with Gasteiger partial charge in [0.25, 0.3) is 5.91 Å². The molecule has 7 nitrogen and oxygen atoms in total. The molecule has 1 aliphatic heterocycles. The summed E-state index contributed by atoms with van der Waals surface area (Å²) in [5, 5.41) is 11.4. The van der Waals surface area contributed by atoms with Crippen molar-refractivity contribution < 1.29 is 17.9 Å². The van der Waals surface area contributed by atoms with Crippen LogP contribution in [0.3, 0.4) is 0 Å². The molecule has 1 saturated heterocycles. The maximum absolute atomic E-state index is 12.5. The second kappa shape index (κ2) is 8.20. The molecule has 0 aromatic heterocycles. The molecule has 1 fully saturated rings. The molecule has 3 rings (SSSR count). The summed E-state index contributed by atoms with van der Waals surface area (Å²) < 4.78 is 31.8. The predicted molar refractivity (Wildman–Crippen MR) is 99.7 cm³/mol. The quantitative estimate of drug-likeness (QED) is 0.823. The molecule has 0 saturated carbocycles. The average Bonchev–Trinajstić information content (AvgIpc) is 3.23. The first-order valence-electron chi connectivity index (χ1n) is 8.52. The number of nitrogens with zero attached hydrogens (tertiary/aromatic N) is 2. The Morgan fingerprint density at radius 3 is 2.30 bits per heavy atom. The van der Waals surface area contributed by atoms with Gasteiger partial charge < -0.3 is 10.1 Å². The van der Waals surface area contributed by atoms with Crippen molar-refractivity contribution in [1.82, 2.24) is 4.31 Å². The number of amides is 1. The molecule has 1 amide bonds. The van der Waals surface area contributed by atoms with E-state index < -0.39 is 10.0 Å². The number of nitrogens with one attached hydrogen (secondary N) is 1. The lowest BCUT2D eigenvalue weighted by Crippen LogP contribution is -2.27. The van der Waals surface area contributed by atoms with E-state index in [1.165, 1.54) is 16.4 Å². The Morgan fingerprint density at radius 1 is 1.07 bits per heavy atom. The minimum absolute atomic E-state index is 0.195. The number of carbonyl (C=O) groups excluding carboxylic acids is 1. The van der Waals surface area contributed by atoms with E-state index in [2.05, 4.69) is 5.32 Å². The van der Waals surface area contributed by atoms with E-state index in [9.17, 15) is 13.2 Å². The number of hydrogen-bond acceptors (Lipinski definition) is 5. The van der Waals surface area contributed by atoms with Crippen molar-refractivity contribution in [2.45, 2.75) is 17.7 Å². The highest BCUT2D eigenvalue weighted by Gasteiger charge is 2.26. The summed E-state index contributed by atoms with van der Waals surface area (Å²) in [5.41, 5.74) is 1.000. The normalized spacial score (nSPS) is 14.5. The highest BCUT2D eigenvalue weighted by atomic mass is 32.2. The zero-order chi connectivity index (χ0) is 19.3. The van der Waals surface area contributed by atoms with Gasteiger partial charge in [0.05, 0.1) is 16.5 Å². The van der Waals surface area contributed by atoms with Crippen molar-refractivity contribution in [3.05, 3.63) is 54.1 Å². The molecule has 1 heterocycles. The first-order chi connectivity index (χ1) is 13.0.